The number of carbonyl (C=O) groups is 3. The SMILES string of the molecule is CCCCC/C=C\C/C=C\C/C=C\C/C=C\CCCCCC(=O)OC[C@H](COC(=O)CCC/C=C\C/C=C\C/C=C\C/C=C\CCCCC)OC(=O)CCCCCCCCCCC/C=C\C/C=C\CCCCC. The van der Waals surface area contributed by atoms with Gasteiger partial charge in [0.2, 0.25) is 0 Å². The van der Waals surface area contributed by atoms with Crippen LogP contribution in [0.1, 0.15) is 265 Å². The second-order valence-corrected chi connectivity index (χ2v) is 19.5. The fourth-order valence-electron chi connectivity index (χ4n) is 7.86. The third kappa shape index (κ3) is 58.6. The summed E-state index contributed by atoms with van der Waals surface area (Å²) in [6, 6.07) is 0. The molecule has 0 aliphatic carbocycles. The fraction of sp³-hybridized carbons (Fsp3) is 0.657. The molecule has 0 heterocycles. The Balaban J connectivity index is 4.54. The Hall–Kier alpha value is -4.19. The van der Waals surface area contributed by atoms with Crippen LogP contribution in [0.25, 0.3) is 0 Å². The van der Waals surface area contributed by atoms with Crippen LogP contribution in [0, 0.1) is 0 Å². The van der Waals surface area contributed by atoms with Crippen molar-refractivity contribution in [2.24, 2.45) is 0 Å². The third-order valence-electron chi connectivity index (χ3n) is 12.4. The first kappa shape index (κ1) is 68.8. The van der Waals surface area contributed by atoms with Gasteiger partial charge in [-0.3, -0.25) is 14.4 Å². The average Bonchev–Trinajstić information content (AvgIpc) is 3.39. The molecule has 0 aromatic carbocycles. The molecule has 0 rings (SSSR count). The molecule has 0 spiro atoms. The first-order valence-corrected chi connectivity index (χ1v) is 30.0. The number of allylic oxidation sites excluding steroid dienone is 20. The molecular formula is C67H110O6. The summed E-state index contributed by atoms with van der Waals surface area (Å²) in [6.45, 7) is 6.48. The number of unbranched alkanes of at least 4 members (excludes halogenated alkanes) is 22. The van der Waals surface area contributed by atoms with Gasteiger partial charge in [0.1, 0.15) is 13.2 Å². The van der Waals surface area contributed by atoms with Crippen LogP contribution in [-0.4, -0.2) is 37.2 Å². The molecular weight excluding hydrogens is 901 g/mol. The molecule has 0 aromatic heterocycles. The van der Waals surface area contributed by atoms with Crippen molar-refractivity contribution in [3.63, 3.8) is 0 Å². The predicted octanol–water partition coefficient (Wildman–Crippen LogP) is 20.4. The van der Waals surface area contributed by atoms with Gasteiger partial charge in [-0.25, -0.2) is 0 Å². The summed E-state index contributed by atoms with van der Waals surface area (Å²) in [5.41, 5.74) is 0. The van der Waals surface area contributed by atoms with Gasteiger partial charge in [-0.05, 0) is 135 Å². The van der Waals surface area contributed by atoms with Gasteiger partial charge in [-0.1, -0.05) is 232 Å². The Morgan fingerprint density at radius 3 is 0.836 bits per heavy atom. The van der Waals surface area contributed by atoms with E-state index in [2.05, 4.69) is 142 Å². The highest BCUT2D eigenvalue weighted by atomic mass is 16.6. The zero-order chi connectivity index (χ0) is 52.9. The maximum atomic E-state index is 12.9. The van der Waals surface area contributed by atoms with Gasteiger partial charge < -0.3 is 14.2 Å². The largest absolute Gasteiger partial charge is 0.462 e. The molecule has 6 nitrogen and oxygen atoms in total. The fourth-order valence-corrected chi connectivity index (χ4v) is 7.86. The second kappa shape index (κ2) is 60.4. The van der Waals surface area contributed by atoms with Gasteiger partial charge in [0.25, 0.3) is 0 Å². The van der Waals surface area contributed by atoms with Crippen molar-refractivity contribution in [2.75, 3.05) is 13.2 Å². The Morgan fingerprint density at radius 1 is 0.274 bits per heavy atom. The monoisotopic (exact) mass is 1010 g/mol. The van der Waals surface area contributed by atoms with E-state index in [0.717, 1.165) is 96.3 Å². The molecule has 0 saturated carbocycles. The van der Waals surface area contributed by atoms with E-state index in [4.69, 9.17) is 14.2 Å². The molecule has 0 fully saturated rings. The zero-order valence-corrected chi connectivity index (χ0v) is 47.4. The Labute approximate surface area is 450 Å². The number of carbonyl (C=O) groups excluding carboxylic acids is 3. The van der Waals surface area contributed by atoms with E-state index in [1.807, 2.05) is 0 Å². The van der Waals surface area contributed by atoms with Crippen LogP contribution in [0.2, 0.25) is 0 Å². The van der Waals surface area contributed by atoms with Crippen LogP contribution in [0.5, 0.6) is 0 Å². The molecule has 0 aliphatic heterocycles. The van der Waals surface area contributed by atoms with Gasteiger partial charge in [0, 0.05) is 19.3 Å². The molecule has 1 atom stereocenters. The van der Waals surface area contributed by atoms with E-state index >= 15 is 0 Å². The molecule has 0 aromatic rings. The molecule has 0 bridgehead atoms. The normalized spacial score (nSPS) is 13.0. The first-order chi connectivity index (χ1) is 36.0. The predicted molar refractivity (Wildman–Crippen MR) is 316 cm³/mol. The summed E-state index contributed by atoms with van der Waals surface area (Å²) >= 11 is 0. The summed E-state index contributed by atoms with van der Waals surface area (Å²) in [5, 5.41) is 0. The Kier molecular flexibility index (Phi) is 56.9. The smallest absolute Gasteiger partial charge is 0.306 e. The average molecular weight is 1010 g/mol. The quantitative estimate of drug-likeness (QED) is 0.0261. The summed E-state index contributed by atoms with van der Waals surface area (Å²) < 4.78 is 16.8. The maximum absolute atomic E-state index is 12.9. The lowest BCUT2D eigenvalue weighted by Crippen LogP contribution is -2.30. The van der Waals surface area contributed by atoms with Crippen LogP contribution in [0.4, 0.5) is 0 Å². The Morgan fingerprint density at radius 2 is 0.507 bits per heavy atom. The Bertz CT molecular complexity index is 1540. The molecule has 0 unspecified atom stereocenters. The van der Waals surface area contributed by atoms with Gasteiger partial charge in [-0.15, -0.1) is 0 Å². The zero-order valence-electron chi connectivity index (χ0n) is 47.4. The summed E-state index contributed by atoms with van der Waals surface area (Å²) in [5.74, 6) is -1.00. The lowest BCUT2D eigenvalue weighted by Gasteiger charge is -2.18. The van der Waals surface area contributed by atoms with Crippen LogP contribution in [0.15, 0.2) is 122 Å². The number of ether oxygens (including phenoxy) is 3. The van der Waals surface area contributed by atoms with Gasteiger partial charge in [-0.2, -0.15) is 0 Å². The molecule has 6 heteroatoms. The lowest BCUT2D eigenvalue weighted by atomic mass is 10.1. The molecule has 73 heavy (non-hydrogen) atoms. The van der Waals surface area contributed by atoms with Crippen molar-refractivity contribution in [1.29, 1.82) is 0 Å². The minimum absolute atomic E-state index is 0.116. The summed E-state index contributed by atoms with van der Waals surface area (Å²) in [4.78, 5) is 38.2. The minimum atomic E-state index is -0.820. The van der Waals surface area contributed by atoms with Crippen molar-refractivity contribution in [3.8, 4) is 0 Å². The third-order valence-corrected chi connectivity index (χ3v) is 12.4. The van der Waals surface area contributed by atoms with Crippen molar-refractivity contribution in [1.82, 2.24) is 0 Å². The highest BCUT2D eigenvalue weighted by Gasteiger charge is 2.19. The van der Waals surface area contributed by atoms with E-state index in [9.17, 15) is 14.4 Å². The standard InChI is InChI=1S/C67H110O6/c1-4-7-10-13-16-19-22-25-28-31-33-36-39-42-45-48-51-54-57-60-66(69)72-63-64(62-71-65(68)59-56-53-50-47-44-41-38-35-30-27-24-21-18-15-12-9-6-3)73-67(70)61-58-55-52-49-46-43-40-37-34-32-29-26-23-20-17-14-11-8-5-2/h16-21,25-30,33,36,38,41-42,45,47,50,64H,4-15,22-24,31-32,34-35,37,39-40,43-44,46,48-49,51-63H2,1-3H3/b19-16-,20-17-,21-18-,28-25-,29-26-,30-27-,36-33-,41-38-,45-42-,50-47-/t64-/m0/s1. The van der Waals surface area contributed by atoms with Crippen LogP contribution in [-0.2, 0) is 28.6 Å². The molecule has 414 valence electrons. The minimum Gasteiger partial charge on any atom is -0.462 e. The molecule has 0 aliphatic rings. The van der Waals surface area contributed by atoms with E-state index < -0.39 is 6.10 Å². The van der Waals surface area contributed by atoms with Gasteiger partial charge in [0.15, 0.2) is 6.10 Å². The molecule has 0 radical (unpaired) electrons. The van der Waals surface area contributed by atoms with Crippen LogP contribution >= 0.6 is 0 Å². The number of esters is 3. The topological polar surface area (TPSA) is 78.9 Å². The van der Waals surface area contributed by atoms with Crippen LogP contribution in [0.3, 0.4) is 0 Å². The van der Waals surface area contributed by atoms with Crippen molar-refractivity contribution in [2.45, 2.75) is 271 Å². The van der Waals surface area contributed by atoms with Gasteiger partial charge >= 0.3 is 17.9 Å². The van der Waals surface area contributed by atoms with E-state index in [0.29, 0.717) is 19.3 Å². The molecule has 0 saturated heterocycles. The molecule has 0 N–H and O–H groups in total. The van der Waals surface area contributed by atoms with E-state index in [1.165, 1.54) is 122 Å². The molecule has 0 amide bonds. The summed E-state index contributed by atoms with van der Waals surface area (Å²) in [7, 11) is 0. The van der Waals surface area contributed by atoms with Gasteiger partial charge in [0.05, 0.1) is 0 Å². The summed E-state index contributed by atoms with van der Waals surface area (Å²) in [6.07, 6.45) is 83.3. The number of hydrogen-bond acceptors (Lipinski definition) is 6. The maximum Gasteiger partial charge on any atom is 0.306 e. The lowest BCUT2D eigenvalue weighted by molar-refractivity contribution is -0.167. The van der Waals surface area contributed by atoms with Crippen molar-refractivity contribution < 1.29 is 28.6 Å². The van der Waals surface area contributed by atoms with E-state index in [1.54, 1.807) is 0 Å². The van der Waals surface area contributed by atoms with E-state index in [-0.39, 0.29) is 37.5 Å². The van der Waals surface area contributed by atoms with Crippen LogP contribution < -0.4 is 0 Å². The number of rotatable bonds is 53. The first-order valence-electron chi connectivity index (χ1n) is 30.0. The van der Waals surface area contributed by atoms with Crippen molar-refractivity contribution >= 4 is 17.9 Å². The second-order valence-electron chi connectivity index (χ2n) is 19.5. The number of hydrogen-bond donors (Lipinski definition) is 0. The highest BCUT2D eigenvalue weighted by molar-refractivity contribution is 5.71. The highest BCUT2D eigenvalue weighted by Crippen LogP contribution is 2.14. The van der Waals surface area contributed by atoms with Crippen molar-refractivity contribution in [3.05, 3.63) is 122 Å².